The molecule has 0 aliphatic carbocycles. The largest absolute Gasteiger partial charge is 0.370 e. The van der Waals surface area contributed by atoms with E-state index in [4.69, 9.17) is 15.0 Å². The maximum Gasteiger partial charge on any atom is 0.257 e. The highest BCUT2D eigenvalue weighted by Crippen LogP contribution is 2.11. The monoisotopic (exact) mass is 157 g/mol. The van der Waals surface area contributed by atoms with Gasteiger partial charge in [0.1, 0.15) is 6.10 Å². The second kappa shape index (κ2) is 3.45. The van der Waals surface area contributed by atoms with E-state index in [1.165, 1.54) is 0 Å². The Labute approximate surface area is 64.5 Å². The van der Waals surface area contributed by atoms with Crippen molar-refractivity contribution in [3.05, 3.63) is 11.7 Å². The van der Waals surface area contributed by atoms with Crippen LogP contribution in [0, 0.1) is 6.92 Å². The van der Waals surface area contributed by atoms with Crippen molar-refractivity contribution < 1.29 is 9.26 Å². The van der Waals surface area contributed by atoms with Gasteiger partial charge in [-0.25, -0.2) is 0 Å². The summed E-state index contributed by atoms with van der Waals surface area (Å²) in [4.78, 5) is 3.97. The van der Waals surface area contributed by atoms with Gasteiger partial charge in [-0.2, -0.15) is 4.98 Å². The molecule has 1 atom stereocenters. The first kappa shape index (κ1) is 8.16. The first-order valence-electron chi connectivity index (χ1n) is 3.31. The number of nitrogens with zero attached hydrogens (tertiary/aromatic N) is 2. The van der Waals surface area contributed by atoms with Gasteiger partial charge in [-0.05, 0) is 6.92 Å². The molecule has 1 unspecified atom stereocenters. The number of ether oxygens (including phenoxy) is 1. The van der Waals surface area contributed by atoms with Crippen LogP contribution in [0.3, 0.4) is 0 Å². The normalized spacial score (nSPS) is 13.4. The summed E-state index contributed by atoms with van der Waals surface area (Å²) in [5.74, 6) is 1.03. The van der Waals surface area contributed by atoms with Crippen molar-refractivity contribution in [2.24, 2.45) is 5.73 Å². The van der Waals surface area contributed by atoms with Crippen LogP contribution in [0.5, 0.6) is 0 Å². The molecule has 0 aromatic carbocycles. The minimum atomic E-state index is -0.281. The Morgan fingerprint density at radius 1 is 1.73 bits per heavy atom. The van der Waals surface area contributed by atoms with Crippen LogP contribution in [0.15, 0.2) is 4.52 Å². The summed E-state index contributed by atoms with van der Waals surface area (Å²) in [6, 6.07) is 0. The lowest BCUT2D eigenvalue weighted by molar-refractivity contribution is 0.0804. The summed E-state index contributed by atoms with van der Waals surface area (Å²) in [7, 11) is 1.55. The fourth-order valence-electron chi connectivity index (χ4n) is 0.742. The quantitative estimate of drug-likeness (QED) is 0.669. The number of methoxy groups -OCH3 is 1. The Morgan fingerprint density at radius 3 is 2.82 bits per heavy atom. The molecular weight excluding hydrogens is 146 g/mol. The number of aryl methyl sites for hydroxylation is 1. The van der Waals surface area contributed by atoms with E-state index in [-0.39, 0.29) is 6.10 Å². The predicted molar refractivity (Wildman–Crippen MR) is 37.8 cm³/mol. The molecule has 0 spiro atoms. The molecule has 1 heterocycles. The lowest BCUT2D eigenvalue weighted by Gasteiger charge is -2.05. The summed E-state index contributed by atoms with van der Waals surface area (Å²) in [6.45, 7) is 2.09. The van der Waals surface area contributed by atoms with Crippen LogP contribution in [0.1, 0.15) is 17.8 Å². The number of aromatic nitrogens is 2. The van der Waals surface area contributed by atoms with E-state index >= 15 is 0 Å². The molecule has 11 heavy (non-hydrogen) atoms. The minimum Gasteiger partial charge on any atom is -0.370 e. The number of rotatable bonds is 3. The molecule has 5 heteroatoms. The zero-order valence-electron chi connectivity index (χ0n) is 6.57. The number of nitrogens with two attached hydrogens (primary N) is 1. The van der Waals surface area contributed by atoms with Gasteiger partial charge in [0.05, 0.1) is 0 Å². The van der Waals surface area contributed by atoms with Gasteiger partial charge in [-0.15, -0.1) is 0 Å². The van der Waals surface area contributed by atoms with Crippen LogP contribution < -0.4 is 5.73 Å². The van der Waals surface area contributed by atoms with E-state index in [9.17, 15) is 0 Å². The Kier molecular flexibility index (Phi) is 2.56. The predicted octanol–water partition coefficient (Wildman–Crippen LogP) is 0.0242. The molecule has 1 rings (SSSR count). The molecule has 1 aromatic heterocycles. The zero-order chi connectivity index (χ0) is 8.27. The SMILES string of the molecule is COC(CN)c1nc(C)no1. The Hall–Kier alpha value is -0.940. The lowest BCUT2D eigenvalue weighted by atomic mass is 10.3. The maximum absolute atomic E-state index is 5.37. The second-order valence-corrected chi connectivity index (χ2v) is 2.14. The van der Waals surface area contributed by atoms with Crippen LogP contribution >= 0.6 is 0 Å². The fraction of sp³-hybridized carbons (Fsp3) is 0.667. The minimum absolute atomic E-state index is 0.281. The second-order valence-electron chi connectivity index (χ2n) is 2.14. The first-order chi connectivity index (χ1) is 5.27. The van der Waals surface area contributed by atoms with Gasteiger partial charge in [-0.1, -0.05) is 5.16 Å². The van der Waals surface area contributed by atoms with Gasteiger partial charge >= 0.3 is 0 Å². The molecule has 0 fully saturated rings. The third-order valence-electron chi connectivity index (χ3n) is 1.32. The molecule has 0 aliphatic heterocycles. The van der Waals surface area contributed by atoms with Crippen molar-refractivity contribution >= 4 is 0 Å². The third kappa shape index (κ3) is 1.75. The average molecular weight is 157 g/mol. The first-order valence-corrected chi connectivity index (χ1v) is 3.31. The molecule has 0 radical (unpaired) electrons. The van der Waals surface area contributed by atoms with Gasteiger partial charge in [0, 0.05) is 13.7 Å². The zero-order valence-corrected chi connectivity index (χ0v) is 6.57. The van der Waals surface area contributed by atoms with Crippen molar-refractivity contribution in [2.45, 2.75) is 13.0 Å². The van der Waals surface area contributed by atoms with Gasteiger partial charge in [0.15, 0.2) is 5.82 Å². The highest BCUT2D eigenvalue weighted by Gasteiger charge is 2.14. The number of hydrogen-bond acceptors (Lipinski definition) is 5. The molecule has 2 N–H and O–H groups in total. The molecule has 62 valence electrons. The molecule has 1 aromatic rings. The van der Waals surface area contributed by atoms with Crippen LogP contribution in [0.4, 0.5) is 0 Å². The van der Waals surface area contributed by atoms with Crippen molar-refractivity contribution in [3.63, 3.8) is 0 Å². The van der Waals surface area contributed by atoms with E-state index < -0.39 is 0 Å². The average Bonchev–Trinajstić information content (AvgIpc) is 2.39. The standard InChI is InChI=1S/C6H11N3O2/c1-4-8-6(11-9-4)5(3-7)10-2/h5H,3,7H2,1-2H3. The highest BCUT2D eigenvalue weighted by molar-refractivity contribution is 4.88. The van der Waals surface area contributed by atoms with Gasteiger partial charge in [-0.3, -0.25) is 0 Å². The maximum atomic E-state index is 5.37. The summed E-state index contributed by atoms with van der Waals surface area (Å²) < 4.78 is 9.82. The number of hydrogen-bond donors (Lipinski definition) is 1. The van der Waals surface area contributed by atoms with E-state index in [0.717, 1.165) is 0 Å². The molecular formula is C6H11N3O2. The molecule has 0 saturated carbocycles. The fourth-order valence-corrected chi connectivity index (χ4v) is 0.742. The van der Waals surface area contributed by atoms with Gasteiger partial charge in [0.25, 0.3) is 5.89 Å². The van der Waals surface area contributed by atoms with Crippen molar-refractivity contribution in [1.82, 2.24) is 10.1 Å². The summed E-state index contributed by atoms with van der Waals surface area (Å²) in [5.41, 5.74) is 5.37. The van der Waals surface area contributed by atoms with Crippen LogP contribution in [-0.2, 0) is 4.74 Å². The molecule has 5 nitrogen and oxygen atoms in total. The van der Waals surface area contributed by atoms with E-state index in [0.29, 0.717) is 18.3 Å². The van der Waals surface area contributed by atoms with Crippen molar-refractivity contribution in [1.29, 1.82) is 0 Å². The van der Waals surface area contributed by atoms with Gasteiger partial charge < -0.3 is 15.0 Å². The summed E-state index contributed by atoms with van der Waals surface area (Å²) in [5, 5.41) is 3.61. The van der Waals surface area contributed by atoms with Crippen LogP contribution in [0.2, 0.25) is 0 Å². The summed E-state index contributed by atoms with van der Waals surface area (Å²) in [6.07, 6.45) is -0.281. The lowest BCUT2D eigenvalue weighted by Crippen LogP contribution is -2.14. The Balaban J connectivity index is 2.73. The van der Waals surface area contributed by atoms with Crippen LogP contribution in [0.25, 0.3) is 0 Å². The Bertz CT molecular complexity index is 219. The molecule has 0 aliphatic rings. The topological polar surface area (TPSA) is 74.2 Å². The van der Waals surface area contributed by atoms with E-state index in [2.05, 4.69) is 10.1 Å². The molecule has 0 amide bonds. The van der Waals surface area contributed by atoms with Crippen molar-refractivity contribution in [3.8, 4) is 0 Å². The molecule has 0 saturated heterocycles. The highest BCUT2D eigenvalue weighted by atomic mass is 16.5. The smallest absolute Gasteiger partial charge is 0.257 e. The van der Waals surface area contributed by atoms with Crippen molar-refractivity contribution in [2.75, 3.05) is 13.7 Å². The molecule has 0 bridgehead atoms. The van der Waals surface area contributed by atoms with Crippen LogP contribution in [-0.4, -0.2) is 23.8 Å². The Morgan fingerprint density at radius 2 is 2.45 bits per heavy atom. The summed E-state index contributed by atoms with van der Waals surface area (Å²) >= 11 is 0. The van der Waals surface area contributed by atoms with Gasteiger partial charge in [0.2, 0.25) is 0 Å². The van der Waals surface area contributed by atoms with E-state index in [1.54, 1.807) is 14.0 Å². The third-order valence-corrected chi connectivity index (χ3v) is 1.32. The van der Waals surface area contributed by atoms with E-state index in [1.807, 2.05) is 0 Å².